The Morgan fingerprint density at radius 3 is 2.55 bits per heavy atom. The van der Waals surface area contributed by atoms with Crippen LogP contribution in [0, 0.1) is 5.92 Å². The van der Waals surface area contributed by atoms with Crippen LogP contribution < -0.4 is 4.74 Å². The van der Waals surface area contributed by atoms with Crippen LogP contribution in [0.25, 0.3) is 5.03 Å². The zero-order valence-electron chi connectivity index (χ0n) is 11.7. The van der Waals surface area contributed by atoms with Gasteiger partial charge in [0.15, 0.2) is 0 Å². The topological polar surface area (TPSA) is 35.5 Å². The van der Waals surface area contributed by atoms with Crippen LogP contribution in [0.5, 0.6) is 5.75 Å². The predicted octanol–water partition coefficient (Wildman–Crippen LogP) is 3.94. The maximum atomic E-state index is 12.3. The van der Waals surface area contributed by atoms with Crippen molar-refractivity contribution < 1.29 is 14.3 Å². The summed E-state index contributed by atoms with van der Waals surface area (Å²) in [5.41, 5.74) is 2.21. The van der Waals surface area contributed by atoms with E-state index in [2.05, 4.69) is 0 Å². The highest BCUT2D eigenvalue weighted by Crippen LogP contribution is 2.46. The molecule has 3 nitrogen and oxygen atoms in total. The molecule has 0 N–H and O–H groups in total. The average Bonchev–Trinajstić information content (AvgIpc) is 2.81. The molecule has 4 heteroatoms. The van der Waals surface area contributed by atoms with E-state index in [0.29, 0.717) is 23.0 Å². The summed E-state index contributed by atoms with van der Waals surface area (Å²) in [6.07, 6.45) is -0.355. The van der Waals surface area contributed by atoms with Crippen LogP contribution in [0.1, 0.15) is 17.2 Å². The van der Waals surface area contributed by atoms with Crippen LogP contribution in [0.3, 0.4) is 0 Å². The molecule has 2 aliphatic rings. The molecule has 0 spiro atoms. The van der Waals surface area contributed by atoms with E-state index >= 15 is 0 Å². The fraction of sp³-hybridized carbons (Fsp3) is 0.167. The lowest BCUT2D eigenvalue weighted by atomic mass is 9.91. The molecule has 2 heterocycles. The van der Waals surface area contributed by atoms with Crippen molar-refractivity contribution in [2.75, 3.05) is 6.61 Å². The van der Waals surface area contributed by atoms with Crippen molar-refractivity contribution >= 4 is 22.6 Å². The summed E-state index contributed by atoms with van der Waals surface area (Å²) in [6.45, 7) is 0.369. The van der Waals surface area contributed by atoms with Crippen LogP contribution in [0.2, 0.25) is 0 Å². The molecule has 0 aliphatic carbocycles. The summed E-state index contributed by atoms with van der Waals surface area (Å²) < 4.78 is 11.4. The van der Waals surface area contributed by atoms with Crippen molar-refractivity contribution in [3.63, 3.8) is 0 Å². The summed E-state index contributed by atoms with van der Waals surface area (Å²) in [5.74, 6) is 0.146. The van der Waals surface area contributed by atoms with Gasteiger partial charge in [-0.25, -0.2) is 4.79 Å². The summed E-state index contributed by atoms with van der Waals surface area (Å²) in [5, 5.41) is 0.432. The molecule has 2 aliphatic heterocycles. The first-order valence-electron chi connectivity index (χ1n) is 7.13. The van der Waals surface area contributed by atoms with Crippen LogP contribution in [-0.4, -0.2) is 12.6 Å². The lowest BCUT2D eigenvalue weighted by molar-refractivity contribution is -0.139. The number of esters is 1. The van der Waals surface area contributed by atoms with E-state index in [-0.39, 0.29) is 18.0 Å². The molecular weight excluding hydrogens is 300 g/mol. The van der Waals surface area contributed by atoms with Gasteiger partial charge in [0.1, 0.15) is 11.9 Å². The number of rotatable bonds is 1. The number of fused-ring (bicyclic) bond motifs is 2. The highest BCUT2D eigenvalue weighted by molar-refractivity contribution is 6.51. The Morgan fingerprint density at radius 1 is 1.00 bits per heavy atom. The SMILES string of the molecule is O=C1O[C@H](c2ccccc2)[C@H]2COc3ccccc3C(Cl)=C12. The number of carbonyl (C=O) groups is 1. The quantitative estimate of drug-likeness (QED) is 0.748. The molecule has 4 rings (SSSR count). The van der Waals surface area contributed by atoms with Crippen LogP contribution in [0.4, 0.5) is 0 Å². The normalized spacial score (nSPS) is 23.2. The number of hydrogen-bond donors (Lipinski definition) is 0. The molecule has 0 bridgehead atoms. The molecule has 22 heavy (non-hydrogen) atoms. The summed E-state index contributed by atoms with van der Waals surface area (Å²) in [6, 6.07) is 17.2. The molecule has 110 valence electrons. The first-order valence-corrected chi connectivity index (χ1v) is 7.51. The van der Waals surface area contributed by atoms with E-state index in [0.717, 1.165) is 11.1 Å². The van der Waals surface area contributed by atoms with Crippen molar-refractivity contribution in [1.29, 1.82) is 0 Å². The van der Waals surface area contributed by atoms with Crippen molar-refractivity contribution in [1.82, 2.24) is 0 Å². The van der Waals surface area contributed by atoms with Gasteiger partial charge in [0, 0.05) is 5.56 Å². The van der Waals surface area contributed by atoms with Crippen molar-refractivity contribution in [2.24, 2.45) is 5.92 Å². The van der Waals surface area contributed by atoms with Gasteiger partial charge in [-0.2, -0.15) is 0 Å². The van der Waals surface area contributed by atoms with Gasteiger partial charge in [-0.3, -0.25) is 0 Å². The lowest BCUT2D eigenvalue weighted by Crippen LogP contribution is -2.16. The number of cyclic esters (lactones) is 1. The number of halogens is 1. The fourth-order valence-corrected chi connectivity index (χ4v) is 3.40. The first kappa shape index (κ1) is 13.4. The van der Waals surface area contributed by atoms with E-state index in [9.17, 15) is 4.79 Å². The van der Waals surface area contributed by atoms with Gasteiger partial charge in [-0.15, -0.1) is 0 Å². The van der Waals surface area contributed by atoms with E-state index < -0.39 is 0 Å². The van der Waals surface area contributed by atoms with Gasteiger partial charge in [-0.05, 0) is 17.7 Å². The van der Waals surface area contributed by atoms with E-state index in [4.69, 9.17) is 21.1 Å². The molecule has 0 unspecified atom stereocenters. The fourth-order valence-electron chi connectivity index (χ4n) is 3.03. The third-order valence-corrected chi connectivity index (χ3v) is 4.50. The Labute approximate surface area is 133 Å². The summed E-state index contributed by atoms with van der Waals surface area (Å²) in [7, 11) is 0. The second-order valence-electron chi connectivity index (χ2n) is 5.38. The monoisotopic (exact) mass is 312 g/mol. The minimum absolute atomic E-state index is 0.199. The Bertz CT molecular complexity index is 767. The largest absolute Gasteiger partial charge is 0.492 e. The molecule has 1 fully saturated rings. The molecule has 0 radical (unpaired) electrons. The standard InChI is InChI=1S/C18H13ClO3/c19-16-12-8-4-5-9-14(12)21-10-13-15(16)18(20)22-17(13)11-6-2-1-3-7-11/h1-9,13,17H,10H2/t13-,17+/m0/s1. The number of carbonyl (C=O) groups excluding carboxylic acids is 1. The highest BCUT2D eigenvalue weighted by Gasteiger charge is 2.44. The van der Waals surface area contributed by atoms with E-state index in [1.807, 2.05) is 54.6 Å². The van der Waals surface area contributed by atoms with Gasteiger partial charge >= 0.3 is 5.97 Å². The molecule has 0 amide bonds. The van der Waals surface area contributed by atoms with Gasteiger partial charge in [0.25, 0.3) is 0 Å². The maximum Gasteiger partial charge on any atom is 0.336 e. The molecule has 1 saturated heterocycles. The molecule has 0 aromatic heterocycles. The van der Waals surface area contributed by atoms with Crippen LogP contribution >= 0.6 is 11.6 Å². The van der Waals surface area contributed by atoms with Crippen molar-refractivity contribution in [3.05, 3.63) is 71.3 Å². The highest BCUT2D eigenvalue weighted by atomic mass is 35.5. The smallest absolute Gasteiger partial charge is 0.336 e. The van der Waals surface area contributed by atoms with Gasteiger partial charge < -0.3 is 9.47 Å². The van der Waals surface area contributed by atoms with Crippen LogP contribution in [0.15, 0.2) is 60.2 Å². The molecule has 2 atom stereocenters. The molecule has 2 aromatic rings. The van der Waals surface area contributed by atoms with Crippen LogP contribution in [-0.2, 0) is 9.53 Å². The second-order valence-corrected chi connectivity index (χ2v) is 5.76. The Balaban J connectivity index is 1.82. The number of benzene rings is 2. The minimum Gasteiger partial charge on any atom is -0.492 e. The Hall–Kier alpha value is -2.26. The van der Waals surface area contributed by atoms with E-state index in [1.54, 1.807) is 0 Å². The summed E-state index contributed by atoms with van der Waals surface area (Å²) >= 11 is 6.50. The number of para-hydroxylation sites is 1. The first-order chi connectivity index (χ1) is 10.8. The minimum atomic E-state index is -0.357. The number of ether oxygens (including phenoxy) is 2. The summed E-state index contributed by atoms with van der Waals surface area (Å²) in [4.78, 5) is 12.3. The molecular formula is C18H13ClO3. The zero-order valence-corrected chi connectivity index (χ0v) is 12.4. The third kappa shape index (κ3) is 2.01. The second kappa shape index (κ2) is 5.18. The Kier molecular flexibility index (Phi) is 3.16. The average molecular weight is 313 g/mol. The number of hydrogen-bond acceptors (Lipinski definition) is 3. The van der Waals surface area contributed by atoms with Crippen molar-refractivity contribution in [2.45, 2.75) is 6.10 Å². The zero-order chi connectivity index (χ0) is 15.1. The maximum absolute atomic E-state index is 12.3. The molecule has 2 aromatic carbocycles. The van der Waals surface area contributed by atoms with Gasteiger partial charge in [-0.1, -0.05) is 54.1 Å². The van der Waals surface area contributed by atoms with Gasteiger partial charge in [0.05, 0.1) is 23.1 Å². The molecule has 0 saturated carbocycles. The predicted molar refractivity (Wildman–Crippen MR) is 83.5 cm³/mol. The lowest BCUT2D eigenvalue weighted by Gasteiger charge is -2.17. The Morgan fingerprint density at radius 2 is 1.73 bits per heavy atom. The third-order valence-electron chi connectivity index (χ3n) is 4.10. The van der Waals surface area contributed by atoms with Crippen molar-refractivity contribution in [3.8, 4) is 5.75 Å². The van der Waals surface area contributed by atoms with Gasteiger partial charge in [0.2, 0.25) is 0 Å². The van der Waals surface area contributed by atoms with E-state index in [1.165, 1.54) is 0 Å².